The second-order valence-electron chi connectivity index (χ2n) is 7.49. The fourth-order valence-corrected chi connectivity index (χ4v) is 2.66. The number of esters is 2. The minimum atomic E-state index is -4.70. The number of hydrogen-bond donors (Lipinski definition) is 0. The van der Waals surface area contributed by atoms with Gasteiger partial charge in [0.1, 0.15) is 5.60 Å². The first-order valence-corrected chi connectivity index (χ1v) is 9.08. The number of anilines is 1. The molecule has 1 aromatic rings. The van der Waals surface area contributed by atoms with Gasteiger partial charge in [-0.25, -0.2) is 9.59 Å². The van der Waals surface area contributed by atoms with Crippen LogP contribution in [0.2, 0.25) is 0 Å². The Morgan fingerprint density at radius 2 is 1.63 bits per heavy atom. The van der Waals surface area contributed by atoms with E-state index in [1.54, 1.807) is 20.8 Å². The van der Waals surface area contributed by atoms with Crippen molar-refractivity contribution in [3.63, 3.8) is 0 Å². The van der Waals surface area contributed by atoms with Crippen molar-refractivity contribution >= 4 is 23.7 Å². The third-order valence-electron chi connectivity index (χ3n) is 3.91. The highest BCUT2D eigenvalue weighted by molar-refractivity contribution is 6.02. The number of rotatable bonds is 6. The summed E-state index contributed by atoms with van der Waals surface area (Å²) in [5.74, 6) is -1.56. The summed E-state index contributed by atoms with van der Waals surface area (Å²) in [7, 11) is 2.24. The van der Waals surface area contributed by atoms with Gasteiger partial charge in [-0.2, -0.15) is 13.2 Å². The third-order valence-corrected chi connectivity index (χ3v) is 3.91. The van der Waals surface area contributed by atoms with Crippen molar-refractivity contribution < 1.29 is 41.8 Å². The zero-order valence-electron chi connectivity index (χ0n) is 17.8. The van der Waals surface area contributed by atoms with Gasteiger partial charge in [0.25, 0.3) is 0 Å². The predicted octanol–water partition coefficient (Wildman–Crippen LogP) is 4.50. The summed E-state index contributed by atoms with van der Waals surface area (Å²) in [5, 5.41) is 0. The number of methoxy groups -OCH3 is 2. The maximum absolute atomic E-state index is 13.3. The van der Waals surface area contributed by atoms with Gasteiger partial charge in [0.2, 0.25) is 0 Å². The lowest BCUT2D eigenvalue weighted by Gasteiger charge is -2.30. The van der Waals surface area contributed by atoms with Gasteiger partial charge in [0, 0.05) is 13.0 Å². The topological polar surface area (TPSA) is 82.1 Å². The normalized spacial score (nSPS) is 11.6. The molecule has 0 aromatic heterocycles. The summed E-state index contributed by atoms with van der Waals surface area (Å²) in [4.78, 5) is 37.5. The zero-order valence-corrected chi connectivity index (χ0v) is 17.8. The highest BCUT2D eigenvalue weighted by Crippen LogP contribution is 2.36. The summed E-state index contributed by atoms with van der Waals surface area (Å²) in [6, 6.07) is 1.46. The first-order chi connectivity index (χ1) is 13.7. The van der Waals surface area contributed by atoms with Crippen LogP contribution in [0.5, 0.6) is 0 Å². The SMILES string of the molecule is COC(=O)CCCN(C(=O)OC(C)(C)C)c1c(C)cc(C(F)(F)F)cc1C(=O)OC. The van der Waals surface area contributed by atoms with Gasteiger partial charge in [0.05, 0.1) is 31.0 Å². The number of benzene rings is 1. The summed E-state index contributed by atoms with van der Waals surface area (Å²) in [6.45, 7) is 6.12. The molecule has 0 aliphatic rings. The van der Waals surface area contributed by atoms with Crippen LogP contribution in [0.4, 0.5) is 23.7 Å². The number of alkyl halides is 3. The van der Waals surface area contributed by atoms with Crippen molar-refractivity contribution in [1.29, 1.82) is 0 Å². The molecule has 0 atom stereocenters. The van der Waals surface area contributed by atoms with E-state index in [9.17, 15) is 27.6 Å². The molecule has 0 spiro atoms. The van der Waals surface area contributed by atoms with Gasteiger partial charge in [-0.1, -0.05) is 0 Å². The molecule has 0 aliphatic carbocycles. The molecule has 0 saturated carbocycles. The second-order valence-corrected chi connectivity index (χ2v) is 7.49. The maximum Gasteiger partial charge on any atom is 0.416 e. The molecule has 0 heterocycles. The Kier molecular flexibility index (Phi) is 8.26. The standard InChI is InChI=1S/C20H26F3NO6/c1-12-10-13(20(21,22)23)11-14(17(26)29-6)16(12)24(9-7-8-15(25)28-5)18(27)30-19(2,3)4/h10-11H,7-9H2,1-6H3. The summed E-state index contributed by atoms with van der Waals surface area (Å²) >= 11 is 0. The lowest BCUT2D eigenvalue weighted by atomic mass is 10.0. The molecule has 0 fully saturated rings. The Hall–Kier alpha value is -2.78. The minimum Gasteiger partial charge on any atom is -0.469 e. The third kappa shape index (κ3) is 6.93. The molecule has 1 rings (SSSR count). The number of amides is 1. The fraction of sp³-hybridized carbons (Fsp3) is 0.550. The van der Waals surface area contributed by atoms with Crippen molar-refractivity contribution in [3.05, 3.63) is 28.8 Å². The monoisotopic (exact) mass is 433 g/mol. The van der Waals surface area contributed by atoms with Gasteiger partial charge in [-0.3, -0.25) is 9.69 Å². The quantitative estimate of drug-likeness (QED) is 0.486. The summed E-state index contributed by atoms with van der Waals surface area (Å²) in [5.41, 5.74) is -2.44. The summed E-state index contributed by atoms with van der Waals surface area (Å²) in [6.07, 6.45) is -5.48. The Balaban J connectivity index is 3.53. The Morgan fingerprint density at radius 3 is 2.10 bits per heavy atom. The van der Waals surface area contributed by atoms with Crippen LogP contribution in [0.3, 0.4) is 0 Å². The lowest BCUT2D eigenvalue weighted by molar-refractivity contribution is -0.140. The molecule has 1 aromatic carbocycles. The fourth-order valence-electron chi connectivity index (χ4n) is 2.66. The molecular weight excluding hydrogens is 407 g/mol. The Morgan fingerprint density at radius 1 is 1.03 bits per heavy atom. The smallest absolute Gasteiger partial charge is 0.416 e. The van der Waals surface area contributed by atoms with Gasteiger partial charge in [-0.05, 0) is 51.8 Å². The first-order valence-electron chi connectivity index (χ1n) is 9.08. The van der Waals surface area contributed by atoms with Crippen LogP contribution in [0.25, 0.3) is 0 Å². The zero-order chi connectivity index (χ0) is 23.3. The number of ether oxygens (including phenoxy) is 3. The second kappa shape index (κ2) is 9.82. The van der Waals surface area contributed by atoms with Crippen molar-refractivity contribution in [2.24, 2.45) is 0 Å². The molecule has 0 aliphatic heterocycles. The van der Waals surface area contributed by atoms with E-state index < -0.39 is 40.9 Å². The Bertz CT molecular complexity index is 799. The van der Waals surface area contributed by atoms with Crippen LogP contribution in [-0.4, -0.2) is 44.4 Å². The molecule has 0 N–H and O–H groups in total. The molecule has 168 valence electrons. The van der Waals surface area contributed by atoms with Crippen molar-refractivity contribution in [3.8, 4) is 0 Å². The van der Waals surface area contributed by atoms with E-state index >= 15 is 0 Å². The van der Waals surface area contributed by atoms with E-state index in [0.29, 0.717) is 6.07 Å². The van der Waals surface area contributed by atoms with Gasteiger partial charge < -0.3 is 14.2 Å². The van der Waals surface area contributed by atoms with Crippen LogP contribution in [0.1, 0.15) is 55.1 Å². The van der Waals surface area contributed by atoms with E-state index in [2.05, 4.69) is 9.47 Å². The van der Waals surface area contributed by atoms with Crippen LogP contribution in [0.15, 0.2) is 12.1 Å². The molecule has 0 bridgehead atoms. The number of nitrogens with zero attached hydrogens (tertiary/aromatic N) is 1. The minimum absolute atomic E-state index is 0.0224. The lowest BCUT2D eigenvalue weighted by Crippen LogP contribution is -2.39. The van der Waals surface area contributed by atoms with Gasteiger partial charge in [-0.15, -0.1) is 0 Å². The molecular formula is C20H26F3NO6. The molecule has 0 saturated heterocycles. The highest BCUT2D eigenvalue weighted by Gasteiger charge is 2.35. The van der Waals surface area contributed by atoms with Crippen molar-refractivity contribution in [1.82, 2.24) is 0 Å². The van der Waals surface area contributed by atoms with Crippen LogP contribution in [-0.2, 0) is 25.2 Å². The first kappa shape index (κ1) is 25.3. The molecule has 0 radical (unpaired) electrons. The number of aryl methyl sites for hydroxylation is 1. The average molecular weight is 433 g/mol. The predicted molar refractivity (Wildman–Crippen MR) is 102 cm³/mol. The number of halogens is 3. The molecule has 10 heteroatoms. The average Bonchev–Trinajstić information content (AvgIpc) is 2.62. The van der Waals surface area contributed by atoms with E-state index in [1.807, 2.05) is 0 Å². The summed E-state index contributed by atoms with van der Waals surface area (Å²) < 4.78 is 54.3. The largest absolute Gasteiger partial charge is 0.469 e. The highest BCUT2D eigenvalue weighted by atomic mass is 19.4. The number of carbonyl (C=O) groups is 3. The van der Waals surface area contributed by atoms with E-state index in [-0.39, 0.29) is 30.6 Å². The Labute approximate surface area is 173 Å². The van der Waals surface area contributed by atoms with E-state index in [4.69, 9.17) is 4.74 Å². The molecule has 0 unspecified atom stereocenters. The van der Waals surface area contributed by atoms with Crippen LogP contribution in [0, 0.1) is 6.92 Å². The van der Waals surface area contributed by atoms with E-state index in [0.717, 1.165) is 18.1 Å². The molecule has 1 amide bonds. The maximum atomic E-state index is 13.3. The number of hydrogen-bond acceptors (Lipinski definition) is 6. The van der Waals surface area contributed by atoms with Crippen molar-refractivity contribution in [2.75, 3.05) is 25.7 Å². The van der Waals surface area contributed by atoms with Crippen LogP contribution >= 0.6 is 0 Å². The van der Waals surface area contributed by atoms with Gasteiger partial charge >= 0.3 is 24.2 Å². The molecule has 7 nitrogen and oxygen atoms in total. The van der Waals surface area contributed by atoms with E-state index in [1.165, 1.54) is 14.0 Å². The molecule has 30 heavy (non-hydrogen) atoms. The van der Waals surface area contributed by atoms with Crippen LogP contribution < -0.4 is 4.90 Å². The number of carbonyl (C=O) groups excluding carboxylic acids is 3. The van der Waals surface area contributed by atoms with Gasteiger partial charge in [0.15, 0.2) is 0 Å². The van der Waals surface area contributed by atoms with Crippen molar-refractivity contribution in [2.45, 2.75) is 52.3 Å².